The number of sulfone groups is 1. The van der Waals surface area contributed by atoms with Crippen molar-refractivity contribution in [2.75, 3.05) is 26.9 Å². The van der Waals surface area contributed by atoms with Crippen molar-refractivity contribution in [3.63, 3.8) is 0 Å². The molecule has 0 spiro atoms. The summed E-state index contributed by atoms with van der Waals surface area (Å²) in [6, 6.07) is 11.0. The lowest BCUT2D eigenvalue weighted by Crippen LogP contribution is -2.31. The van der Waals surface area contributed by atoms with Crippen LogP contribution >= 0.6 is 23.2 Å². The van der Waals surface area contributed by atoms with E-state index < -0.39 is 21.7 Å². The Bertz CT molecular complexity index is 1300. The second kappa shape index (κ2) is 12.8. The molecule has 2 aromatic rings. The zero-order valence-corrected chi connectivity index (χ0v) is 23.6. The maximum Gasteiger partial charge on any atom is 0.336 e. The number of halogens is 2. The molecule has 1 aliphatic heterocycles. The summed E-state index contributed by atoms with van der Waals surface area (Å²) in [6.45, 7) is 6.90. The van der Waals surface area contributed by atoms with Gasteiger partial charge in [0.25, 0.3) is 0 Å². The first-order chi connectivity index (χ1) is 17.6. The summed E-state index contributed by atoms with van der Waals surface area (Å²) in [5.41, 5.74) is 1.36. The third-order valence-electron chi connectivity index (χ3n) is 5.96. The maximum absolute atomic E-state index is 14.0. The highest BCUT2D eigenvalue weighted by Crippen LogP contribution is 2.46. The van der Waals surface area contributed by atoms with E-state index in [0.29, 0.717) is 42.5 Å². The molecule has 1 N–H and O–H groups in total. The van der Waals surface area contributed by atoms with Gasteiger partial charge in [0, 0.05) is 18.0 Å². The van der Waals surface area contributed by atoms with Gasteiger partial charge < -0.3 is 19.5 Å². The van der Waals surface area contributed by atoms with Gasteiger partial charge in [-0.25, -0.2) is 13.2 Å². The third kappa shape index (κ3) is 6.49. The minimum absolute atomic E-state index is 0.0133. The smallest absolute Gasteiger partial charge is 0.336 e. The lowest BCUT2D eigenvalue weighted by Gasteiger charge is -2.31. The number of hydrogen-bond acceptors (Lipinski definition) is 7. The molecule has 7 nitrogen and oxygen atoms in total. The van der Waals surface area contributed by atoms with E-state index in [0.717, 1.165) is 12.8 Å². The van der Waals surface area contributed by atoms with Crippen molar-refractivity contribution in [3.8, 4) is 5.75 Å². The Morgan fingerprint density at radius 1 is 1.00 bits per heavy atom. The first kappa shape index (κ1) is 29.0. The Kier molecular flexibility index (Phi) is 10.1. The van der Waals surface area contributed by atoms with Crippen molar-refractivity contribution < 1.29 is 27.4 Å². The quantitative estimate of drug-likeness (QED) is 0.262. The molecule has 0 aromatic heterocycles. The molecule has 0 aliphatic carbocycles. The van der Waals surface area contributed by atoms with Crippen LogP contribution in [0, 0.1) is 0 Å². The van der Waals surface area contributed by atoms with Gasteiger partial charge in [0.1, 0.15) is 12.4 Å². The first-order valence-corrected chi connectivity index (χ1v) is 14.1. The number of esters is 1. The lowest BCUT2D eigenvalue weighted by molar-refractivity contribution is -0.136. The van der Waals surface area contributed by atoms with E-state index in [1.54, 1.807) is 44.2 Å². The summed E-state index contributed by atoms with van der Waals surface area (Å²) in [6.07, 6.45) is 2.05. The third-order valence-corrected chi connectivity index (χ3v) is 8.81. The number of benzene rings is 2. The molecule has 0 saturated heterocycles. The van der Waals surface area contributed by atoms with Gasteiger partial charge in [0.15, 0.2) is 0 Å². The molecule has 2 aromatic carbocycles. The highest BCUT2D eigenvalue weighted by atomic mass is 35.5. The molecular weight excluding hydrogens is 537 g/mol. The Morgan fingerprint density at radius 3 is 2.35 bits per heavy atom. The Labute approximate surface area is 228 Å². The lowest BCUT2D eigenvalue weighted by atomic mass is 9.86. The SMILES string of the molecule is CCCCOCCOc1ccc(S(=O)(=O)C2=C(C)NC(C)=C(C(=O)OC)C2c2cccc(Cl)c2Cl)cc1. The first-order valence-electron chi connectivity index (χ1n) is 11.9. The van der Waals surface area contributed by atoms with Gasteiger partial charge in [-0.05, 0) is 56.2 Å². The number of hydrogen-bond donors (Lipinski definition) is 1. The van der Waals surface area contributed by atoms with E-state index in [4.69, 9.17) is 37.4 Å². The topological polar surface area (TPSA) is 90.9 Å². The highest BCUT2D eigenvalue weighted by molar-refractivity contribution is 7.95. The largest absolute Gasteiger partial charge is 0.491 e. The summed E-state index contributed by atoms with van der Waals surface area (Å²) in [5, 5.41) is 3.44. The summed E-state index contributed by atoms with van der Waals surface area (Å²) in [7, 11) is -2.85. The summed E-state index contributed by atoms with van der Waals surface area (Å²) < 4.78 is 44.2. The molecule has 37 heavy (non-hydrogen) atoms. The van der Waals surface area contributed by atoms with E-state index in [9.17, 15) is 13.2 Å². The number of dihydropyridines is 1. The fourth-order valence-electron chi connectivity index (χ4n) is 4.16. The standard InChI is InChI=1S/C27H31Cl2NO6S/c1-5-6-14-35-15-16-36-19-10-12-20(13-11-19)37(32,33)26-18(3)30-17(2)23(27(31)34-4)24(26)21-8-7-9-22(28)25(21)29/h7-13,24,30H,5-6,14-16H2,1-4H3. The van der Waals surface area contributed by atoms with Crippen LogP contribution in [0.5, 0.6) is 5.75 Å². The summed E-state index contributed by atoms with van der Waals surface area (Å²) >= 11 is 12.8. The van der Waals surface area contributed by atoms with E-state index in [2.05, 4.69) is 12.2 Å². The van der Waals surface area contributed by atoms with Gasteiger partial charge in [-0.1, -0.05) is 48.7 Å². The predicted octanol–water partition coefficient (Wildman–Crippen LogP) is 6.03. The van der Waals surface area contributed by atoms with Crippen LogP contribution in [-0.4, -0.2) is 41.3 Å². The molecule has 0 bridgehead atoms. The Balaban J connectivity index is 1.98. The second-order valence-corrected chi connectivity index (χ2v) is 11.2. The number of carbonyl (C=O) groups excluding carboxylic acids is 1. The molecule has 1 atom stereocenters. The Morgan fingerprint density at radius 2 is 1.70 bits per heavy atom. The number of unbranched alkanes of at least 4 members (excludes halogenated alkanes) is 1. The highest BCUT2D eigenvalue weighted by Gasteiger charge is 2.41. The average molecular weight is 569 g/mol. The van der Waals surface area contributed by atoms with Crippen molar-refractivity contribution >= 4 is 39.0 Å². The Hall–Kier alpha value is -2.52. The maximum atomic E-state index is 14.0. The number of rotatable bonds is 11. The fourth-order valence-corrected chi connectivity index (χ4v) is 6.34. The van der Waals surface area contributed by atoms with Gasteiger partial charge in [0.2, 0.25) is 9.84 Å². The summed E-state index contributed by atoms with van der Waals surface area (Å²) in [5.74, 6) is -1.18. The molecule has 10 heteroatoms. The molecule has 1 heterocycles. The molecule has 1 aliphatic rings. The summed E-state index contributed by atoms with van der Waals surface area (Å²) in [4.78, 5) is 12.9. The molecule has 3 rings (SSSR count). The van der Waals surface area contributed by atoms with Gasteiger partial charge in [-0.3, -0.25) is 0 Å². The van der Waals surface area contributed by atoms with Crippen LogP contribution in [-0.2, 0) is 24.1 Å². The van der Waals surface area contributed by atoms with Crippen LogP contribution in [0.1, 0.15) is 45.1 Å². The van der Waals surface area contributed by atoms with Crippen LogP contribution < -0.4 is 10.1 Å². The van der Waals surface area contributed by atoms with Gasteiger partial charge >= 0.3 is 5.97 Å². The van der Waals surface area contributed by atoms with Crippen LogP contribution in [0.15, 0.2) is 69.2 Å². The molecule has 1 unspecified atom stereocenters. The molecular formula is C27H31Cl2NO6S. The van der Waals surface area contributed by atoms with Gasteiger partial charge in [-0.2, -0.15) is 0 Å². The van der Waals surface area contributed by atoms with E-state index in [-0.39, 0.29) is 25.4 Å². The monoisotopic (exact) mass is 567 g/mol. The number of ether oxygens (including phenoxy) is 3. The molecule has 0 radical (unpaired) electrons. The van der Waals surface area contributed by atoms with Crippen LogP contribution in [0.2, 0.25) is 10.0 Å². The van der Waals surface area contributed by atoms with Crippen molar-refractivity contribution in [1.29, 1.82) is 0 Å². The van der Waals surface area contributed by atoms with Crippen molar-refractivity contribution in [1.82, 2.24) is 5.32 Å². The predicted molar refractivity (Wildman–Crippen MR) is 145 cm³/mol. The van der Waals surface area contributed by atoms with Gasteiger partial charge in [0.05, 0.1) is 45.1 Å². The van der Waals surface area contributed by atoms with E-state index >= 15 is 0 Å². The number of methoxy groups -OCH3 is 1. The van der Waals surface area contributed by atoms with Crippen LogP contribution in [0.25, 0.3) is 0 Å². The minimum Gasteiger partial charge on any atom is -0.491 e. The van der Waals surface area contributed by atoms with Crippen molar-refractivity contribution in [2.45, 2.75) is 44.4 Å². The zero-order chi connectivity index (χ0) is 27.2. The zero-order valence-electron chi connectivity index (χ0n) is 21.3. The fraction of sp³-hybridized carbons (Fsp3) is 0.370. The normalized spacial score (nSPS) is 16.0. The second-order valence-electron chi connectivity index (χ2n) is 8.51. The van der Waals surface area contributed by atoms with E-state index in [1.165, 1.54) is 19.2 Å². The van der Waals surface area contributed by atoms with Crippen LogP contribution in [0.4, 0.5) is 0 Å². The number of nitrogens with one attached hydrogen (secondary N) is 1. The molecule has 0 saturated carbocycles. The van der Waals surface area contributed by atoms with E-state index in [1.807, 2.05) is 0 Å². The average Bonchev–Trinajstić information content (AvgIpc) is 2.87. The van der Waals surface area contributed by atoms with Gasteiger partial charge in [-0.15, -0.1) is 0 Å². The van der Waals surface area contributed by atoms with Crippen molar-refractivity contribution in [3.05, 3.63) is 79.9 Å². The van der Waals surface area contributed by atoms with Crippen molar-refractivity contribution in [2.24, 2.45) is 0 Å². The van der Waals surface area contributed by atoms with Crippen LogP contribution in [0.3, 0.4) is 0 Å². The minimum atomic E-state index is -4.10. The number of carbonyl (C=O) groups is 1. The molecule has 200 valence electrons. The molecule has 0 fully saturated rings. The molecule has 0 amide bonds. The number of allylic oxidation sites excluding steroid dienone is 3.